The average Bonchev–Trinajstić information content (AvgIpc) is 3.11. The fourth-order valence-electron chi connectivity index (χ4n) is 2.51. The second-order valence-corrected chi connectivity index (χ2v) is 20.6. The lowest BCUT2D eigenvalue weighted by Crippen LogP contribution is -2.19. The summed E-state index contributed by atoms with van der Waals surface area (Å²) in [6.07, 6.45) is 7.32. The Labute approximate surface area is 398 Å². The van der Waals surface area contributed by atoms with Crippen molar-refractivity contribution >= 4 is 0 Å². The lowest BCUT2D eigenvalue weighted by atomic mass is 9.91. The van der Waals surface area contributed by atoms with E-state index in [0.717, 1.165) is 17.8 Å². The molecule has 0 aliphatic heterocycles. The molecule has 0 aliphatic rings. The van der Waals surface area contributed by atoms with Gasteiger partial charge < -0.3 is 0 Å². The van der Waals surface area contributed by atoms with Crippen molar-refractivity contribution in [2.75, 3.05) is 0 Å². The van der Waals surface area contributed by atoms with Gasteiger partial charge in [0.05, 0.1) is 11.8 Å². The van der Waals surface area contributed by atoms with Crippen LogP contribution in [0.25, 0.3) is 0 Å². The van der Waals surface area contributed by atoms with Crippen LogP contribution in [0.1, 0.15) is 315 Å². The van der Waals surface area contributed by atoms with Crippen molar-refractivity contribution in [3.05, 3.63) is 0 Å². The molecule has 6 heteroatoms. The first-order valence-electron chi connectivity index (χ1n) is 26.9. The molecule has 0 fully saturated rings. The molecule has 0 aromatic rings. The Bertz CT molecular complexity index is 754. The maximum Gasteiger partial charge on any atom is 0.391 e. The van der Waals surface area contributed by atoms with Gasteiger partial charge in [-0.3, -0.25) is 0 Å². The monoisotopic (exact) mass is 918 g/mol. The molecule has 0 aliphatic carbocycles. The third-order valence-corrected chi connectivity index (χ3v) is 7.76. The molecule has 0 rings (SSSR count). The van der Waals surface area contributed by atoms with Crippen molar-refractivity contribution in [1.82, 2.24) is 0 Å². The van der Waals surface area contributed by atoms with E-state index in [1.165, 1.54) is 91.4 Å². The van der Waals surface area contributed by atoms with E-state index < -0.39 is 30.6 Å². The molecular weight excluding hydrogens is 787 g/mol. The number of rotatable bonds is 11. The summed E-state index contributed by atoms with van der Waals surface area (Å²) in [6.45, 7) is 61.3. The van der Waals surface area contributed by atoms with Crippen molar-refractivity contribution in [2.24, 2.45) is 46.3 Å². The zero-order valence-electron chi connectivity index (χ0n) is 51.8. The van der Waals surface area contributed by atoms with Gasteiger partial charge in [0.15, 0.2) is 0 Å². The van der Waals surface area contributed by atoms with Crippen LogP contribution in [0.2, 0.25) is 0 Å². The molecule has 0 spiro atoms. The molecule has 394 valence electrons. The van der Waals surface area contributed by atoms with Gasteiger partial charge in [-0.05, 0) is 53.7 Å². The average molecular weight is 919 g/mol. The van der Waals surface area contributed by atoms with Gasteiger partial charge in [0.1, 0.15) is 0 Å². The zero-order chi connectivity index (χ0) is 55.5. The standard InChI is InChI=1S/C7H16.C6H11F3.2C6H14.C5H9F3.2C5H12.4C4H10/c1-5-6-7(2,3)4;1-3-4-5(2)6(7,8)9;1-5-6(2,3)4;1-4-5-6(2)3;1-3-4(2)5(6,7)8;1-4-5(2)3;1-3-5-4-2;2*1-4(2)3;2*1-3-4-2/h5-6H2,1-4H3;5H,3-4H2,1-2H3;5H2,1-4H3;6H,4-5H2,1-3H3;4H,3H2,1-2H3;5H,4H2,1-3H3;3-5H2,1-2H3;2*4H,1-3H3;2*3-4H2,1-2H3/i;;;;;;;4D;;3D2;. The van der Waals surface area contributed by atoms with E-state index in [2.05, 4.69) is 145 Å². The largest absolute Gasteiger partial charge is 0.391 e. The Balaban J connectivity index is -0.0000000553. The Hall–Kier alpha value is -0.420. The van der Waals surface area contributed by atoms with E-state index >= 15 is 0 Å². The highest BCUT2D eigenvalue weighted by molar-refractivity contribution is 4.60. The quantitative estimate of drug-likeness (QED) is 0.181. The summed E-state index contributed by atoms with van der Waals surface area (Å²) < 4.78 is 89.9. The fraction of sp³-hybridized carbons (Fsp3) is 1.00. The normalized spacial score (nSPS) is 12.5. The van der Waals surface area contributed by atoms with Crippen LogP contribution < -0.4 is 0 Å². The molecule has 62 heavy (non-hydrogen) atoms. The van der Waals surface area contributed by atoms with Gasteiger partial charge in [0.25, 0.3) is 0 Å². The maximum atomic E-state index is 11.6. The van der Waals surface area contributed by atoms with E-state index in [0.29, 0.717) is 23.7 Å². The lowest BCUT2D eigenvalue weighted by molar-refractivity contribution is -0.171. The predicted molar refractivity (Wildman–Crippen MR) is 282 cm³/mol. The molecule has 0 bridgehead atoms. The van der Waals surface area contributed by atoms with E-state index in [4.69, 9.17) is 4.11 Å². The number of hydrogen-bond donors (Lipinski definition) is 0. The molecule has 0 aromatic heterocycles. The highest BCUT2D eigenvalue weighted by Gasteiger charge is 2.35. The van der Waals surface area contributed by atoms with Crippen molar-refractivity contribution in [2.45, 2.75) is 323 Å². The molecule has 2 atom stereocenters. The van der Waals surface area contributed by atoms with Gasteiger partial charge in [0, 0.05) is 4.11 Å². The molecule has 0 N–H and O–H groups in total. The van der Waals surface area contributed by atoms with Gasteiger partial charge in [-0.25, -0.2) is 0 Å². The molecular formula is C56H128F6. The number of alkyl halides is 6. The minimum absolute atomic E-state index is 0.170. The Morgan fingerprint density at radius 2 is 0.677 bits per heavy atom. The third kappa shape index (κ3) is 193. The molecule has 2 unspecified atom stereocenters. The van der Waals surface area contributed by atoms with Gasteiger partial charge in [0.2, 0.25) is 0 Å². The second-order valence-electron chi connectivity index (χ2n) is 20.6. The number of halogens is 6. The van der Waals surface area contributed by atoms with Crippen LogP contribution >= 0.6 is 0 Å². The minimum atomic E-state index is -3.99. The first-order valence-corrected chi connectivity index (χ1v) is 25.4. The summed E-state index contributed by atoms with van der Waals surface area (Å²) in [4.78, 5) is 0. The Kier molecular flexibility index (Phi) is 82.4. The van der Waals surface area contributed by atoms with Gasteiger partial charge in [-0.1, -0.05) is 291 Å². The molecule has 0 radical (unpaired) electrons. The van der Waals surface area contributed by atoms with Crippen molar-refractivity contribution in [3.8, 4) is 0 Å². The summed E-state index contributed by atoms with van der Waals surface area (Å²) in [5.74, 6) is 0.0787. The predicted octanol–water partition coefficient (Wildman–Crippen LogP) is 24.5. The summed E-state index contributed by atoms with van der Waals surface area (Å²) in [7, 11) is 0. The Morgan fingerprint density at radius 3 is 0.694 bits per heavy atom. The van der Waals surface area contributed by atoms with E-state index in [1.807, 2.05) is 27.7 Å². The van der Waals surface area contributed by atoms with Gasteiger partial charge in [-0.2, -0.15) is 26.3 Å². The lowest BCUT2D eigenvalue weighted by Gasteiger charge is -2.15. The minimum Gasteiger partial charge on any atom is -0.171 e. The zero-order valence-corrected chi connectivity index (χ0v) is 48.8. The van der Waals surface area contributed by atoms with E-state index in [9.17, 15) is 26.3 Å². The molecule has 0 nitrogen and oxygen atoms in total. The summed E-state index contributed by atoms with van der Waals surface area (Å²) in [5, 5.41) is 0. The highest BCUT2D eigenvalue weighted by atomic mass is 19.4. The van der Waals surface area contributed by atoms with Crippen LogP contribution in [0.4, 0.5) is 26.3 Å². The van der Waals surface area contributed by atoms with Gasteiger partial charge >= 0.3 is 12.4 Å². The van der Waals surface area contributed by atoms with Crippen LogP contribution in [-0.2, 0) is 0 Å². The molecule has 0 saturated carbocycles. The smallest absolute Gasteiger partial charge is 0.171 e. The SMILES string of the molecule is CC(C)C.CCC(C)(C)C.CCC(C)C.CCC(C)C(F)(F)F.CCCC.CCCC(C)(C)C.CCCC(C)C.CCCC(C)C(F)(F)F.CCCCC.[2H]C(C)(C)C.[2H]C([2H])(C)CC. The van der Waals surface area contributed by atoms with E-state index in [1.54, 1.807) is 13.8 Å². The first-order chi connectivity index (χ1) is 28.7. The topological polar surface area (TPSA) is 0 Å². The van der Waals surface area contributed by atoms with Crippen molar-refractivity contribution in [1.29, 1.82) is 0 Å². The molecule has 0 aromatic carbocycles. The van der Waals surface area contributed by atoms with Crippen LogP contribution in [-0.4, -0.2) is 12.4 Å². The second kappa shape index (κ2) is 64.9. The molecule has 0 saturated heterocycles. The first kappa shape index (κ1) is 78.7. The molecule has 0 amide bonds. The maximum absolute atomic E-state index is 11.6. The summed E-state index contributed by atoms with van der Waals surface area (Å²) in [6, 6.07) is 0. The third-order valence-electron chi connectivity index (χ3n) is 7.76. The van der Waals surface area contributed by atoms with Crippen LogP contribution in [0.15, 0.2) is 0 Å². The van der Waals surface area contributed by atoms with Crippen LogP contribution in [0, 0.1) is 46.3 Å². The van der Waals surface area contributed by atoms with Crippen LogP contribution in [0.5, 0.6) is 0 Å². The summed E-state index contributed by atoms with van der Waals surface area (Å²) >= 11 is 0. The van der Waals surface area contributed by atoms with Gasteiger partial charge in [-0.15, -0.1) is 0 Å². The van der Waals surface area contributed by atoms with Crippen LogP contribution in [0.3, 0.4) is 0 Å². The molecule has 0 heterocycles. The Morgan fingerprint density at radius 1 is 0.403 bits per heavy atom. The van der Waals surface area contributed by atoms with Crippen molar-refractivity contribution < 1.29 is 30.5 Å². The fourth-order valence-corrected chi connectivity index (χ4v) is 2.51. The number of unbranched alkanes of at least 4 members (excludes halogenated alkanes) is 3. The van der Waals surface area contributed by atoms with E-state index in [-0.39, 0.29) is 18.7 Å². The highest BCUT2D eigenvalue weighted by Crippen LogP contribution is 2.29. The van der Waals surface area contributed by atoms with Crippen molar-refractivity contribution in [3.63, 3.8) is 0 Å². The number of hydrogen-bond acceptors (Lipinski definition) is 0. The summed E-state index contributed by atoms with van der Waals surface area (Å²) in [5.41, 5.74) is 1.09.